The Bertz CT molecular complexity index is 885. The number of nitrogens with one attached hydrogen (secondary N) is 2. The van der Waals surface area contributed by atoms with E-state index in [1.54, 1.807) is 0 Å². The average molecular weight is 360 g/mol. The maximum absolute atomic E-state index is 13.0. The number of carbonyl (C=O) groups excluding carboxylic acids is 2. The molecule has 0 aliphatic heterocycles. The molecule has 0 atom stereocenters. The number of halogens is 1. The maximum Gasteiger partial charge on any atom is 0.311 e. The van der Waals surface area contributed by atoms with Crippen LogP contribution in [-0.2, 0) is 4.79 Å². The summed E-state index contributed by atoms with van der Waals surface area (Å²) in [4.78, 5) is 33.3. The van der Waals surface area contributed by atoms with Crippen molar-refractivity contribution in [2.75, 3.05) is 6.54 Å². The summed E-state index contributed by atoms with van der Waals surface area (Å²) in [5, 5.41) is 25.9. The Kier molecular flexibility index (Phi) is 5.93. The van der Waals surface area contributed by atoms with Crippen LogP contribution in [0.1, 0.15) is 15.9 Å². The van der Waals surface area contributed by atoms with E-state index in [1.807, 2.05) is 0 Å². The number of rotatable bonds is 6. The van der Waals surface area contributed by atoms with E-state index in [1.165, 1.54) is 24.3 Å². The molecule has 0 radical (unpaired) electrons. The Morgan fingerprint density at radius 3 is 2.73 bits per heavy atom. The van der Waals surface area contributed by atoms with Crippen molar-refractivity contribution in [1.29, 1.82) is 0 Å². The third kappa shape index (κ3) is 5.09. The van der Waals surface area contributed by atoms with Gasteiger partial charge in [0, 0.05) is 17.2 Å². The summed E-state index contributed by atoms with van der Waals surface area (Å²) in [6.45, 7) is -0.400. The highest BCUT2D eigenvalue weighted by atomic mass is 19.1. The molecule has 0 saturated heterocycles. The predicted octanol–water partition coefficient (Wildman–Crippen LogP) is 1.32. The molecule has 0 unspecified atom stereocenters. The molecule has 0 heterocycles. The Labute approximate surface area is 146 Å². The first-order chi connectivity index (χ1) is 12.4. The highest BCUT2D eigenvalue weighted by Gasteiger charge is 2.13. The van der Waals surface area contributed by atoms with Gasteiger partial charge in [-0.1, -0.05) is 6.07 Å². The lowest BCUT2D eigenvalue weighted by atomic mass is 10.2. The quantitative estimate of drug-likeness (QED) is 0.406. The van der Waals surface area contributed by atoms with Gasteiger partial charge in [0.05, 0.1) is 17.7 Å². The van der Waals surface area contributed by atoms with Crippen LogP contribution in [0.15, 0.2) is 47.6 Å². The van der Waals surface area contributed by atoms with Gasteiger partial charge in [0.15, 0.2) is 5.75 Å². The summed E-state index contributed by atoms with van der Waals surface area (Å²) in [6, 6.07) is 8.55. The third-order valence-electron chi connectivity index (χ3n) is 3.10. The van der Waals surface area contributed by atoms with Gasteiger partial charge in [-0.25, -0.2) is 9.82 Å². The first kappa shape index (κ1) is 18.5. The van der Waals surface area contributed by atoms with Crippen molar-refractivity contribution in [3.63, 3.8) is 0 Å². The van der Waals surface area contributed by atoms with Crippen molar-refractivity contribution < 1.29 is 24.0 Å². The summed E-state index contributed by atoms with van der Waals surface area (Å²) in [7, 11) is 0. The summed E-state index contributed by atoms with van der Waals surface area (Å²) in [6.07, 6.45) is 1.14. The van der Waals surface area contributed by atoms with Crippen LogP contribution in [0.25, 0.3) is 0 Å². The number of nitrogens with zero attached hydrogens (tertiary/aromatic N) is 2. The lowest BCUT2D eigenvalue weighted by Crippen LogP contribution is -2.34. The lowest BCUT2D eigenvalue weighted by molar-refractivity contribution is -0.385. The van der Waals surface area contributed by atoms with E-state index >= 15 is 0 Å². The van der Waals surface area contributed by atoms with Gasteiger partial charge in [-0.3, -0.25) is 19.7 Å². The van der Waals surface area contributed by atoms with E-state index in [9.17, 15) is 29.2 Å². The van der Waals surface area contributed by atoms with E-state index in [2.05, 4.69) is 15.8 Å². The standard InChI is InChI=1S/C16H13FN4O5/c17-12-3-1-2-11(7-12)16(24)18-9-15(23)20-19-8-10-4-5-14(22)13(6-10)21(25)26/h1-8,22H,9H2,(H,18,24)(H,20,23)/b19-8+. The number of phenols is 1. The van der Waals surface area contributed by atoms with Gasteiger partial charge in [-0.05, 0) is 30.3 Å². The molecule has 2 aromatic rings. The lowest BCUT2D eigenvalue weighted by Gasteiger charge is -2.04. The zero-order chi connectivity index (χ0) is 19.1. The molecule has 10 heteroatoms. The fraction of sp³-hybridized carbons (Fsp3) is 0.0625. The number of hydrogen-bond acceptors (Lipinski definition) is 6. The van der Waals surface area contributed by atoms with Gasteiger partial charge in [-0.15, -0.1) is 0 Å². The topological polar surface area (TPSA) is 134 Å². The van der Waals surface area contributed by atoms with Gasteiger partial charge in [0.1, 0.15) is 5.82 Å². The van der Waals surface area contributed by atoms with Gasteiger partial charge in [0.2, 0.25) is 0 Å². The highest BCUT2D eigenvalue weighted by molar-refractivity contribution is 5.96. The van der Waals surface area contributed by atoms with E-state index in [0.717, 1.165) is 24.4 Å². The summed E-state index contributed by atoms with van der Waals surface area (Å²) < 4.78 is 13.0. The summed E-state index contributed by atoms with van der Waals surface area (Å²) in [5.41, 5.74) is 1.97. The number of aromatic hydroxyl groups is 1. The number of nitro benzene ring substituents is 1. The molecule has 0 spiro atoms. The molecule has 0 saturated carbocycles. The zero-order valence-corrected chi connectivity index (χ0v) is 13.2. The minimum Gasteiger partial charge on any atom is -0.502 e. The Morgan fingerprint density at radius 1 is 1.27 bits per heavy atom. The van der Waals surface area contributed by atoms with Crippen molar-refractivity contribution in [2.24, 2.45) is 5.10 Å². The van der Waals surface area contributed by atoms with Gasteiger partial charge in [0.25, 0.3) is 11.8 Å². The number of benzene rings is 2. The SMILES string of the molecule is O=C(CNC(=O)c1cccc(F)c1)N/N=C/c1ccc(O)c([N+](=O)[O-])c1. The molecule has 26 heavy (non-hydrogen) atoms. The molecule has 2 amide bonds. The molecule has 0 aliphatic rings. The fourth-order valence-electron chi connectivity index (χ4n) is 1.88. The van der Waals surface area contributed by atoms with Crippen molar-refractivity contribution in [2.45, 2.75) is 0 Å². The van der Waals surface area contributed by atoms with E-state index in [4.69, 9.17) is 0 Å². The van der Waals surface area contributed by atoms with Crippen LogP contribution in [-0.4, -0.2) is 34.6 Å². The van der Waals surface area contributed by atoms with Crippen molar-refractivity contribution in [3.05, 3.63) is 69.5 Å². The molecule has 0 aliphatic carbocycles. The van der Waals surface area contributed by atoms with E-state index in [0.29, 0.717) is 0 Å². The van der Waals surface area contributed by atoms with Crippen LogP contribution in [0.2, 0.25) is 0 Å². The Balaban J connectivity index is 1.87. The van der Waals surface area contributed by atoms with Crippen molar-refractivity contribution >= 4 is 23.7 Å². The van der Waals surface area contributed by atoms with Crippen LogP contribution < -0.4 is 10.7 Å². The number of phenolic OH excluding ortho intramolecular Hbond substituents is 1. The molecule has 2 aromatic carbocycles. The summed E-state index contributed by atoms with van der Waals surface area (Å²) >= 11 is 0. The largest absolute Gasteiger partial charge is 0.502 e. The van der Waals surface area contributed by atoms with Crippen LogP contribution in [0.3, 0.4) is 0 Å². The molecular formula is C16H13FN4O5. The Hall–Kier alpha value is -3.82. The maximum atomic E-state index is 13.0. The predicted molar refractivity (Wildman–Crippen MR) is 89.2 cm³/mol. The zero-order valence-electron chi connectivity index (χ0n) is 13.2. The first-order valence-corrected chi connectivity index (χ1v) is 7.20. The van der Waals surface area contributed by atoms with Gasteiger partial charge in [-0.2, -0.15) is 5.10 Å². The first-order valence-electron chi connectivity index (χ1n) is 7.20. The van der Waals surface area contributed by atoms with Crippen LogP contribution >= 0.6 is 0 Å². The average Bonchev–Trinajstić information content (AvgIpc) is 2.60. The molecule has 3 N–H and O–H groups in total. The van der Waals surface area contributed by atoms with E-state index < -0.39 is 40.5 Å². The molecule has 134 valence electrons. The molecule has 0 bridgehead atoms. The number of amides is 2. The van der Waals surface area contributed by atoms with E-state index in [-0.39, 0.29) is 11.1 Å². The van der Waals surface area contributed by atoms with Crippen molar-refractivity contribution in [3.8, 4) is 5.75 Å². The van der Waals surface area contributed by atoms with Crippen LogP contribution in [0.5, 0.6) is 5.75 Å². The second-order valence-electron chi connectivity index (χ2n) is 4.99. The fourth-order valence-corrected chi connectivity index (χ4v) is 1.88. The molecule has 2 rings (SSSR count). The number of hydrogen-bond donors (Lipinski definition) is 3. The third-order valence-corrected chi connectivity index (χ3v) is 3.10. The number of carbonyl (C=O) groups is 2. The smallest absolute Gasteiger partial charge is 0.311 e. The van der Waals surface area contributed by atoms with Crippen molar-refractivity contribution in [1.82, 2.24) is 10.7 Å². The van der Waals surface area contributed by atoms with Gasteiger partial charge >= 0.3 is 5.69 Å². The highest BCUT2D eigenvalue weighted by Crippen LogP contribution is 2.25. The monoisotopic (exact) mass is 360 g/mol. The van der Waals surface area contributed by atoms with Crippen LogP contribution in [0, 0.1) is 15.9 Å². The molecule has 0 fully saturated rings. The summed E-state index contributed by atoms with van der Waals surface area (Å²) in [5.74, 6) is -2.34. The minimum atomic E-state index is -0.757. The van der Waals surface area contributed by atoms with Gasteiger partial charge < -0.3 is 10.4 Å². The number of nitro groups is 1. The second-order valence-corrected chi connectivity index (χ2v) is 4.99. The molecular weight excluding hydrogens is 347 g/mol. The molecule has 0 aromatic heterocycles. The Morgan fingerprint density at radius 2 is 2.04 bits per heavy atom. The second kappa shape index (κ2) is 8.33. The molecule has 9 nitrogen and oxygen atoms in total. The number of hydrazone groups is 1. The minimum absolute atomic E-state index is 0.0673. The van der Waals surface area contributed by atoms with Crippen LogP contribution in [0.4, 0.5) is 10.1 Å². The normalized spacial score (nSPS) is 10.5.